The van der Waals surface area contributed by atoms with E-state index >= 15 is 0 Å². The summed E-state index contributed by atoms with van der Waals surface area (Å²) in [4.78, 5) is 11.1. The Balaban J connectivity index is 2.77. The highest BCUT2D eigenvalue weighted by Gasteiger charge is 2.08. The normalized spacial score (nSPS) is 12.4. The largest absolute Gasteiger partial charge is 0.461 e. The second-order valence-electron chi connectivity index (χ2n) is 2.87. The van der Waals surface area contributed by atoms with Gasteiger partial charge in [-0.1, -0.05) is 53.5 Å². The fraction of sp³-hybridized carbons (Fsp3) is 0.182. The molecule has 0 aliphatic rings. The minimum Gasteiger partial charge on any atom is -0.461 e. The third kappa shape index (κ3) is 4.54. The molecule has 90 valence electrons. The molecular weight excluding hydrogens is 263 g/mol. The molecule has 0 radical (unpaired) electrons. The number of ether oxygens (including phenoxy) is 1. The molecule has 0 spiro atoms. The maximum absolute atomic E-state index is 11.1. The van der Waals surface area contributed by atoms with E-state index in [-0.39, 0.29) is 16.9 Å². The lowest BCUT2D eigenvalue weighted by atomic mass is 10.2. The van der Waals surface area contributed by atoms with Crippen LogP contribution in [0.25, 0.3) is 0 Å². The molecule has 1 aromatic rings. The molecule has 0 fully saturated rings. The molecule has 6 heteroatoms. The number of esters is 1. The Hall–Kier alpha value is -1.39. The molecule has 0 aromatic heterocycles. The monoisotopic (exact) mass is 272 g/mol. The SMILES string of the molecule is CCOC(=O)/C(Cl)=N\N=C(/Cl)c1ccccc1. The topological polar surface area (TPSA) is 51.0 Å². The summed E-state index contributed by atoms with van der Waals surface area (Å²) >= 11 is 11.4. The fourth-order valence-corrected chi connectivity index (χ4v) is 1.21. The van der Waals surface area contributed by atoms with Crippen molar-refractivity contribution in [3.8, 4) is 0 Å². The van der Waals surface area contributed by atoms with Crippen LogP contribution in [0.3, 0.4) is 0 Å². The van der Waals surface area contributed by atoms with E-state index in [1.54, 1.807) is 19.1 Å². The highest BCUT2D eigenvalue weighted by molar-refractivity contribution is 6.82. The van der Waals surface area contributed by atoms with Gasteiger partial charge in [0.05, 0.1) is 6.61 Å². The summed E-state index contributed by atoms with van der Waals surface area (Å²) in [6, 6.07) is 9.00. The molecule has 4 nitrogen and oxygen atoms in total. The van der Waals surface area contributed by atoms with Crippen LogP contribution in [0.5, 0.6) is 0 Å². The van der Waals surface area contributed by atoms with Crippen LogP contribution >= 0.6 is 23.2 Å². The van der Waals surface area contributed by atoms with Crippen LogP contribution in [-0.4, -0.2) is 22.9 Å². The summed E-state index contributed by atoms with van der Waals surface area (Å²) < 4.78 is 4.63. The van der Waals surface area contributed by atoms with E-state index in [0.717, 1.165) is 0 Å². The van der Waals surface area contributed by atoms with E-state index in [1.807, 2.05) is 18.2 Å². The lowest BCUT2D eigenvalue weighted by Gasteiger charge is -1.97. The van der Waals surface area contributed by atoms with Crippen LogP contribution in [0.15, 0.2) is 40.5 Å². The molecule has 0 atom stereocenters. The maximum atomic E-state index is 11.1. The molecule has 1 aromatic carbocycles. The van der Waals surface area contributed by atoms with E-state index in [9.17, 15) is 4.79 Å². The minimum atomic E-state index is -0.726. The highest BCUT2D eigenvalue weighted by atomic mass is 35.5. The summed E-state index contributed by atoms with van der Waals surface area (Å²) in [5.41, 5.74) is 0.686. The van der Waals surface area contributed by atoms with Crippen LogP contribution in [0.2, 0.25) is 0 Å². The molecule has 0 amide bonds. The number of benzene rings is 1. The summed E-state index contributed by atoms with van der Waals surface area (Å²) in [5.74, 6) is -0.726. The second-order valence-corrected chi connectivity index (χ2v) is 3.58. The van der Waals surface area contributed by atoms with Crippen LogP contribution in [-0.2, 0) is 9.53 Å². The van der Waals surface area contributed by atoms with Gasteiger partial charge >= 0.3 is 5.97 Å². The molecule has 1 rings (SSSR count). The first-order chi connectivity index (χ1) is 8.15. The number of carbonyl (C=O) groups is 1. The number of rotatable bonds is 4. The second kappa shape index (κ2) is 7.04. The number of halogens is 2. The molecule has 0 bridgehead atoms. The molecule has 0 aliphatic heterocycles. The number of hydrogen-bond donors (Lipinski definition) is 0. The Morgan fingerprint density at radius 1 is 1.24 bits per heavy atom. The zero-order chi connectivity index (χ0) is 12.7. The van der Waals surface area contributed by atoms with E-state index in [1.165, 1.54) is 0 Å². The maximum Gasteiger partial charge on any atom is 0.370 e. The van der Waals surface area contributed by atoms with Crippen molar-refractivity contribution in [2.45, 2.75) is 6.92 Å². The summed E-state index contributed by atoms with van der Waals surface area (Å²) in [7, 11) is 0. The van der Waals surface area contributed by atoms with Gasteiger partial charge in [-0.05, 0) is 6.92 Å². The number of carbonyl (C=O) groups excluding carboxylic acids is 1. The van der Waals surface area contributed by atoms with Crippen LogP contribution < -0.4 is 0 Å². The van der Waals surface area contributed by atoms with Crippen molar-refractivity contribution in [2.24, 2.45) is 10.2 Å². The zero-order valence-corrected chi connectivity index (χ0v) is 10.6. The average Bonchev–Trinajstić information content (AvgIpc) is 2.36. The fourth-order valence-electron chi connectivity index (χ4n) is 0.953. The quantitative estimate of drug-likeness (QED) is 0.481. The third-order valence-corrected chi connectivity index (χ3v) is 2.21. The number of hydrogen-bond acceptors (Lipinski definition) is 4. The van der Waals surface area contributed by atoms with Gasteiger partial charge < -0.3 is 4.74 Å². The molecular formula is C11H10Cl2N2O2. The third-order valence-electron chi connectivity index (χ3n) is 1.68. The Morgan fingerprint density at radius 2 is 1.88 bits per heavy atom. The first kappa shape index (κ1) is 13.7. The minimum absolute atomic E-state index is 0.146. The van der Waals surface area contributed by atoms with Crippen LogP contribution in [0.4, 0.5) is 0 Å². The van der Waals surface area contributed by atoms with Gasteiger partial charge in [0, 0.05) is 5.56 Å². The summed E-state index contributed by atoms with van der Waals surface area (Å²) in [6.45, 7) is 1.89. The van der Waals surface area contributed by atoms with Gasteiger partial charge in [-0.2, -0.15) is 0 Å². The predicted octanol–water partition coefficient (Wildman–Crippen LogP) is 2.79. The molecule has 17 heavy (non-hydrogen) atoms. The summed E-state index contributed by atoms with van der Waals surface area (Å²) in [6.07, 6.45) is 0. The van der Waals surface area contributed by atoms with Crippen molar-refractivity contribution < 1.29 is 9.53 Å². The molecule has 0 saturated carbocycles. The lowest BCUT2D eigenvalue weighted by Crippen LogP contribution is -2.11. The van der Waals surface area contributed by atoms with Crippen molar-refractivity contribution >= 4 is 39.5 Å². The predicted molar refractivity (Wildman–Crippen MR) is 68.8 cm³/mol. The lowest BCUT2D eigenvalue weighted by molar-refractivity contribution is -0.134. The first-order valence-electron chi connectivity index (χ1n) is 4.84. The molecule has 0 unspecified atom stereocenters. The van der Waals surface area contributed by atoms with Crippen molar-refractivity contribution in [2.75, 3.05) is 6.61 Å². The standard InChI is InChI=1S/C11H10Cl2N2O2/c1-2-17-11(16)10(13)15-14-9(12)8-6-4-3-5-7-8/h3-7H,2H2,1H3/b14-9-,15-10+. The van der Waals surface area contributed by atoms with E-state index in [0.29, 0.717) is 5.56 Å². The molecule has 0 N–H and O–H groups in total. The number of nitrogens with zero attached hydrogens (tertiary/aromatic N) is 2. The first-order valence-corrected chi connectivity index (χ1v) is 5.60. The van der Waals surface area contributed by atoms with E-state index in [2.05, 4.69) is 14.9 Å². The van der Waals surface area contributed by atoms with Gasteiger partial charge in [-0.3, -0.25) is 0 Å². The Kier molecular flexibility index (Phi) is 5.66. The van der Waals surface area contributed by atoms with Gasteiger partial charge in [0.2, 0.25) is 5.17 Å². The Morgan fingerprint density at radius 3 is 2.47 bits per heavy atom. The van der Waals surface area contributed by atoms with Crippen molar-refractivity contribution in [1.82, 2.24) is 0 Å². The van der Waals surface area contributed by atoms with Crippen molar-refractivity contribution in [1.29, 1.82) is 0 Å². The van der Waals surface area contributed by atoms with Gasteiger partial charge in [0.15, 0.2) is 5.17 Å². The van der Waals surface area contributed by atoms with Crippen molar-refractivity contribution in [3.05, 3.63) is 35.9 Å². The molecule has 0 aliphatic carbocycles. The zero-order valence-electron chi connectivity index (χ0n) is 9.06. The van der Waals surface area contributed by atoms with Crippen LogP contribution in [0, 0.1) is 0 Å². The highest BCUT2D eigenvalue weighted by Crippen LogP contribution is 2.05. The van der Waals surface area contributed by atoms with E-state index in [4.69, 9.17) is 23.2 Å². The van der Waals surface area contributed by atoms with Crippen molar-refractivity contribution in [3.63, 3.8) is 0 Å². The summed E-state index contributed by atoms with van der Waals surface area (Å²) in [5, 5.41) is 6.90. The van der Waals surface area contributed by atoms with Gasteiger partial charge in [-0.25, -0.2) is 4.79 Å². The van der Waals surface area contributed by atoms with Gasteiger partial charge in [0.25, 0.3) is 0 Å². The Bertz CT molecular complexity index is 444. The van der Waals surface area contributed by atoms with Gasteiger partial charge in [-0.15, -0.1) is 10.2 Å². The van der Waals surface area contributed by atoms with E-state index < -0.39 is 5.97 Å². The molecule has 0 saturated heterocycles. The average molecular weight is 273 g/mol. The molecule has 0 heterocycles. The van der Waals surface area contributed by atoms with Gasteiger partial charge in [0.1, 0.15) is 0 Å². The smallest absolute Gasteiger partial charge is 0.370 e. The Labute approximate surface area is 109 Å². The van der Waals surface area contributed by atoms with Crippen LogP contribution in [0.1, 0.15) is 12.5 Å².